The van der Waals surface area contributed by atoms with Crippen molar-refractivity contribution in [1.29, 1.82) is 0 Å². The molecule has 0 spiro atoms. The minimum absolute atomic E-state index is 0.214. The van der Waals surface area contributed by atoms with Crippen molar-refractivity contribution in [3.05, 3.63) is 23.8 Å². The number of carbonyl (C=O) groups is 2. The summed E-state index contributed by atoms with van der Waals surface area (Å²) in [6.45, 7) is 0.378. The van der Waals surface area contributed by atoms with Gasteiger partial charge in [-0.15, -0.1) is 0 Å². The fourth-order valence-electron chi connectivity index (χ4n) is 2.11. The Kier molecular flexibility index (Phi) is 3.23. The third-order valence-corrected chi connectivity index (χ3v) is 3.30. The van der Waals surface area contributed by atoms with Gasteiger partial charge in [-0.05, 0) is 30.5 Å². The summed E-state index contributed by atoms with van der Waals surface area (Å²) in [5.74, 6) is 0.227. The van der Waals surface area contributed by atoms with Gasteiger partial charge in [0.1, 0.15) is 0 Å². The van der Waals surface area contributed by atoms with E-state index in [4.69, 9.17) is 9.47 Å². The topological polar surface area (TPSA) is 64.6 Å². The van der Waals surface area contributed by atoms with E-state index in [1.807, 2.05) is 6.07 Å². The fraction of sp³-hybridized carbons (Fsp3) is 0.385. The van der Waals surface area contributed by atoms with E-state index >= 15 is 0 Å². The monoisotopic (exact) mass is 249 g/mol. The highest BCUT2D eigenvalue weighted by Crippen LogP contribution is 2.50. The number of methoxy groups -OCH3 is 1. The molecule has 0 unspecified atom stereocenters. The predicted octanol–water partition coefficient (Wildman–Crippen LogP) is 1.47. The minimum atomic E-state index is -0.514. The number of hydrogen-bond acceptors (Lipinski definition) is 5. The van der Waals surface area contributed by atoms with Crippen LogP contribution in [0.25, 0.3) is 0 Å². The Morgan fingerprint density at radius 1 is 1.44 bits per heavy atom. The molecule has 0 saturated heterocycles. The molecule has 18 heavy (non-hydrogen) atoms. The molecule has 1 saturated carbocycles. The maximum atomic E-state index is 11.8. The Hall–Kier alpha value is -2.04. The van der Waals surface area contributed by atoms with Gasteiger partial charge in [0.25, 0.3) is 6.47 Å². The van der Waals surface area contributed by atoms with Crippen LogP contribution in [0, 0.1) is 0 Å². The molecule has 0 aromatic heterocycles. The molecule has 1 aromatic rings. The van der Waals surface area contributed by atoms with Crippen molar-refractivity contribution in [3.8, 4) is 5.75 Å². The number of esters is 1. The largest absolute Gasteiger partial charge is 0.468 e. The van der Waals surface area contributed by atoms with Crippen molar-refractivity contribution in [3.63, 3.8) is 0 Å². The lowest BCUT2D eigenvalue weighted by Crippen LogP contribution is -2.22. The van der Waals surface area contributed by atoms with Crippen LogP contribution >= 0.6 is 0 Å². The maximum Gasteiger partial charge on any atom is 0.316 e. The maximum absolute atomic E-state index is 11.8. The molecule has 1 fully saturated rings. The molecule has 0 radical (unpaired) electrons. The standard InChI is InChI=1S/C13H15NO4/c1-14-10-7-9(3-4-11(10)18-8-15)13(5-6-13)12(16)17-2/h3-4,7-8,14H,5-6H2,1-2H3. The predicted molar refractivity (Wildman–Crippen MR) is 65.6 cm³/mol. The van der Waals surface area contributed by atoms with E-state index in [0.29, 0.717) is 17.9 Å². The smallest absolute Gasteiger partial charge is 0.316 e. The third-order valence-electron chi connectivity index (χ3n) is 3.30. The SMILES string of the molecule is CNc1cc(C2(C(=O)OC)CC2)ccc1OC=O. The molecule has 1 aliphatic rings. The van der Waals surface area contributed by atoms with E-state index in [9.17, 15) is 9.59 Å². The van der Waals surface area contributed by atoms with Crippen LogP contribution in [0.2, 0.25) is 0 Å². The summed E-state index contributed by atoms with van der Waals surface area (Å²) in [5.41, 5.74) is 1.05. The molecule has 5 nitrogen and oxygen atoms in total. The average Bonchev–Trinajstić information content (AvgIpc) is 3.20. The highest BCUT2D eigenvalue weighted by Gasteiger charge is 2.52. The van der Waals surface area contributed by atoms with Crippen LogP contribution in [0.15, 0.2) is 18.2 Å². The van der Waals surface area contributed by atoms with Crippen molar-refractivity contribution in [1.82, 2.24) is 0 Å². The number of nitrogens with one attached hydrogen (secondary N) is 1. The first-order valence-electron chi connectivity index (χ1n) is 5.69. The molecule has 0 heterocycles. The summed E-state index contributed by atoms with van der Waals surface area (Å²) in [6.07, 6.45) is 1.58. The van der Waals surface area contributed by atoms with Crippen LogP contribution < -0.4 is 10.1 Å². The van der Waals surface area contributed by atoms with Gasteiger partial charge >= 0.3 is 5.97 Å². The van der Waals surface area contributed by atoms with Crippen molar-refractivity contribution in [2.75, 3.05) is 19.5 Å². The van der Waals surface area contributed by atoms with Gasteiger partial charge in [0.15, 0.2) is 5.75 Å². The Balaban J connectivity index is 2.36. The lowest BCUT2D eigenvalue weighted by molar-refractivity contribution is -0.143. The van der Waals surface area contributed by atoms with E-state index in [1.165, 1.54) is 7.11 Å². The number of carbonyl (C=O) groups excluding carboxylic acids is 2. The second-order valence-corrected chi connectivity index (χ2v) is 4.25. The summed E-state index contributed by atoms with van der Waals surface area (Å²) >= 11 is 0. The summed E-state index contributed by atoms with van der Waals surface area (Å²) in [4.78, 5) is 22.1. The van der Waals surface area contributed by atoms with Gasteiger partial charge in [0.2, 0.25) is 0 Å². The third kappa shape index (κ3) is 1.92. The lowest BCUT2D eigenvalue weighted by Gasteiger charge is -2.15. The van der Waals surface area contributed by atoms with Crippen LogP contribution in [-0.2, 0) is 19.7 Å². The van der Waals surface area contributed by atoms with Crippen LogP contribution in [0.5, 0.6) is 5.75 Å². The first-order valence-corrected chi connectivity index (χ1v) is 5.69. The first kappa shape index (κ1) is 12.4. The van der Waals surface area contributed by atoms with Crippen molar-refractivity contribution >= 4 is 18.1 Å². The number of anilines is 1. The molecule has 0 bridgehead atoms. The van der Waals surface area contributed by atoms with E-state index in [1.54, 1.807) is 19.2 Å². The zero-order chi connectivity index (χ0) is 13.2. The highest BCUT2D eigenvalue weighted by molar-refractivity contribution is 5.87. The molecular weight excluding hydrogens is 234 g/mol. The highest BCUT2D eigenvalue weighted by atomic mass is 16.5. The number of hydrogen-bond donors (Lipinski definition) is 1. The number of rotatable bonds is 5. The van der Waals surface area contributed by atoms with Gasteiger partial charge in [-0.25, -0.2) is 0 Å². The summed E-state index contributed by atoms with van der Waals surface area (Å²) in [7, 11) is 3.12. The van der Waals surface area contributed by atoms with E-state index < -0.39 is 5.41 Å². The molecule has 0 amide bonds. The molecule has 1 aliphatic carbocycles. The molecule has 1 N–H and O–H groups in total. The van der Waals surface area contributed by atoms with Crippen molar-refractivity contribution in [2.45, 2.75) is 18.3 Å². The van der Waals surface area contributed by atoms with Crippen LogP contribution in [0.1, 0.15) is 18.4 Å². The van der Waals surface area contributed by atoms with Gasteiger partial charge in [-0.3, -0.25) is 9.59 Å². The minimum Gasteiger partial charge on any atom is -0.468 e. The molecule has 96 valence electrons. The zero-order valence-electron chi connectivity index (χ0n) is 10.4. The molecule has 0 aliphatic heterocycles. The van der Waals surface area contributed by atoms with E-state index in [-0.39, 0.29) is 5.97 Å². The molecule has 0 atom stereocenters. The average molecular weight is 249 g/mol. The van der Waals surface area contributed by atoms with Gasteiger partial charge < -0.3 is 14.8 Å². The molecular formula is C13H15NO4. The van der Waals surface area contributed by atoms with Crippen LogP contribution in [0.4, 0.5) is 5.69 Å². The second-order valence-electron chi connectivity index (χ2n) is 4.25. The molecule has 1 aromatic carbocycles. The van der Waals surface area contributed by atoms with Crippen LogP contribution in [0.3, 0.4) is 0 Å². The zero-order valence-corrected chi connectivity index (χ0v) is 10.4. The quantitative estimate of drug-likeness (QED) is 0.632. The fourth-order valence-corrected chi connectivity index (χ4v) is 2.11. The summed E-state index contributed by atoms with van der Waals surface area (Å²) in [5, 5.41) is 2.94. The van der Waals surface area contributed by atoms with Gasteiger partial charge in [-0.2, -0.15) is 0 Å². The molecule has 5 heteroatoms. The van der Waals surface area contributed by atoms with Crippen molar-refractivity contribution in [2.24, 2.45) is 0 Å². The Bertz CT molecular complexity index is 480. The first-order chi connectivity index (χ1) is 8.67. The van der Waals surface area contributed by atoms with Gasteiger partial charge in [0.05, 0.1) is 18.2 Å². The summed E-state index contributed by atoms with van der Waals surface area (Å²) in [6, 6.07) is 5.30. The number of benzene rings is 1. The Morgan fingerprint density at radius 2 is 2.17 bits per heavy atom. The van der Waals surface area contributed by atoms with Gasteiger partial charge in [-0.1, -0.05) is 6.07 Å². The Morgan fingerprint density at radius 3 is 2.67 bits per heavy atom. The van der Waals surface area contributed by atoms with Crippen LogP contribution in [-0.4, -0.2) is 26.6 Å². The Labute approximate surface area is 105 Å². The van der Waals surface area contributed by atoms with Crippen molar-refractivity contribution < 1.29 is 19.1 Å². The second kappa shape index (κ2) is 4.68. The lowest BCUT2D eigenvalue weighted by atomic mass is 9.95. The van der Waals surface area contributed by atoms with E-state index in [0.717, 1.165) is 18.4 Å². The summed E-state index contributed by atoms with van der Waals surface area (Å²) < 4.78 is 9.68. The molecule has 2 rings (SSSR count). The van der Waals surface area contributed by atoms with Gasteiger partial charge in [0, 0.05) is 7.05 Å². The number of ether oxygens (including phenoxy) is 2. The normalized spacial score (nSPS) is 15.7. The van der Waals surface area contributed by atoms with E-state index in [2.05, 4.69) is 5.32 Å².